The molecule has 0 saturated carbocycles. The van der Waals surface area contributed by atoms with Crippen LogP contribution in [0.15, 0.2) is 24.3 Å². The Morgan fingerprint density at radius 3 is 2.57 bits per heavy atom. The highest BCUT2D eigenvalue weighted by molar-refractivity contribution is 6.04. The van der Waals surface area contributed by atoms with Crippen LogP contribution >= 0.6 is 0 Å². The highest BCUT2D eigenvalue weighted by Gasteiger charge is 2.24. The molecule has 0 aliphatic carbocycles. The van der Waals surface area contributed by atoms with Crippen molar-refractivity contribution < 1.29 is 9.59 Å². The van der Waals surface area contributed by atoms with Crippen molar-refractivity contribution in [1.82, 2.24) is 19.8 Å². The average molecular weight is 284 g/mol. The standard InChI is InChI=1S/C15H16N4O2/c1-11-16-13-5-3-2-4-12(13)14(17-11)15(21)19-8-6-18(10-20)7-9-19/h2-5,10H,6-9H2,1H3. The van der Waals surface area contributed by atoms with E-state index in [1.54, 1.807) is 16.7 Å². The van der Waals surface area contributed by atoms with Crippen molar-refractivity contribution >= 4 is 23.2 Å². The Labute approximate surface area is 122 Å². The van der Waals surface area contributed by atoms with E-state index in [-0.39, 0.29) is 5.91 Å². The van der Waals surface area contributed by atoms with E-state index in [9.17, 15) is 9.59 Å². The van der Waals surface area contributed by atoms with Gasteiger partial charge in [-0.25, -0.2) is 9.97 Å². The molecule has 1 fully saturated rings. The minimum atomic E-state index is -0.0951. The zero-order chi connectivity index (χ0) is 14.8. The smallest absolute Gasteiger partial charge is 0.273 e. The van der Waals surface area contributed by atoms with E-state index >= 15 is 0 Å². The summed E-state index contributed by atoms with van der Waals surface area (Å²) in [7, 11) is 0. The molecule has 0 spiro atoms. The summed E-state index contributed by atoms with van der Waals surface area (Å²) in [6, 6.07) is 7.52. The first-order valence-electron chi connectivity index (χ1n) is 6.91. The van der Waals surface area contributed by atoms with E-state index in [1.165, 1.54) is 0 Å². The number of hydrogen-bond acceptors (Lipinski definition) is 4. The molecule has 0 N–H and O–H groups in total. The molecule has 108 valence electrons. The lowest BCUT2D eigenvalue weighted by molar-refractivity contribution is -0.119. The van der Waals surface area contributed by atoms with Crippen molar-refractivity contribution in [3.63, 3.8) is 0 Å². The van der Waals surface area contributed by atoms with E-state index < -0.39 is 0 Å². The fourth-order valence-corrected chi connectivity index (χ4v) is 2.54. The number of carbonyl (C=O) groups is 2. The summed E-state index contributed by atoms with van der Waals surface area (Å²) in [5.41, 5.74) is 1.22. The number of amides is 2. The second-order valence-electron chi connectivity index (χ2n) is 5.07. The highest BCUT2D eigenvalue weighted by atomic mass is 16.2. The molecule has 3 rings (SSSR count). The van der Waals surface area contributed by atoms with E-state index in [4.69, 9.17) is 0 Å². The topological polar surface area (TPSA) is 66.4 Å². The number of aryl methyl sites for hydroxylation is 1. The van der Waals surface area contributed by atoms with Gasteiger partial charge in [-0.3, -0.25) is 9.59 Å². The third-order valence-corrected chi connectivity index (χ3v) is 3.67. The molecule has 1 aromatic heterocycles. The second kappa shape index (κ2) is 5.47. The van der Waals surface area contributed by atoms with Gasteiger partial charge in [-0.05, 0) is 13.0 Å². The SMILES string of the molecule is Cc1nc(C(=O)N2CCN(C=O)CC2)c2ccccc2n1. The molecule has 1 aromatic carbocycles. The Balaban J connectivity index is 1.93. The number of fused-ring (bicyclic) bond motifs is 1. The Bertz CT molecular complexity index is 693. The quantitative estimate of drug-likeness (QED) is 0.767. The van der Waals surface area contributed by atoms with Gasteiger partial charge < -0.3 is 9.80 Å². The third kappa shape index (κ3) is 2.56. The van der Waals surface area contributed by atoms with Gasteiger partial charge in [0.05, 0.1) is 5.52 Å². The van der Waals surface area contributed by atoms with Crippen molar-refractivity contribution in [2.24, 2.45) is 0 Å². The monoisotopic (exact) mass is 284 g/mol. The van der Waals surface area contributed by atoms with Crippen LogP contribution < -0.4 is 0 Å². The zero-order valence-electron chi connectivity index (χ0n) is 11.8. The summed E-state index contributed by atoms with van der Waals surface area (Å²) >= 11 is 0. The molecule has 2 heterocycles. The average Bonchev–Trinajstić information content (AvgIpc) is 2.53. The summed E-state index contributed by atoms with van der Waals surface area (Å²) in [5.74, 6) is 0.492. The first kappa shape index (κ1) is 13.5. The molecular weight excluding hydrogens is 268 g/mol. The number of para-hydroxylation sites is 1. The van der Waals surface area contributed by atoms with Crippen molar-refractivity contribution in [3.05, 3.63) is 35.8 Å². The number of benzene rings is 1. The van der Waals surface area contributed by atoms with Crippen molar-refractivity contribution in [1.29, 1.82) is 0 Å². The Morgan fingerprint density at radius 1 is 1.14 bits per heavy atom. The lowest BCUT2D eigenvalue weighted by Gasteiger charge is -2.32. The number of aromatic nitrogens is 2. The molecule has 6 nitrogen and oxygen atoms in total. The van der Waals surface area contributed by atoms with Crippen molar-refractivity contribution in [2.75, 3.05) is 26.2 Å². The molecule has 1 aliphatic rings. The number of carbonyl (C=O) groups excluding carboxylic acids is 2. The summed E-state index contributed by atoms with van der Waals surface area (Å²) in [6.45, 7) is 3.99. The van der Waals surface area contributed by atoms with Crippen LogP contribution in [0.1, 0.15) is 16.3 Å². The summed E-state index contributed by atoms with van der Waals surface area (Å²) in [6.07, 6.45) is 0.825. The van der Waals surface area contributed by atoms with E-state index in [0.29, 0.717) is 37.7 Å². The van der Waals surface area contributed by atoms with Crippen LogP contribution in [0, 0.1) is 6.92 Å². The zero-order valence-corrected chi connectivity index (χ0v) is 11.8. The first-order chi connectivity index (χ1) is 10.2. The molecular formula is C15H16N4O2. The Morgan fingerprint density at radius 2 is 1.86 bits per heavy atom. The molecule has 6 heteroatoms. The minimum Gasteiger partial charge on any atom is -0.342 e. The Hall–Kier alpha value is -2.50. The molecule has 1 saturated heterocycles. The van der Waals surface area contributed by atoms with Gasteiger partial charge in [0.25, 0.3) is 5.91 Å². The van der Waals surface area contributed by atoms with E-state index in [1.807, 2.05) is 24.3 Å². The maximum absolute atomic E-state index is 12.7. The minimum absolute atomic E-state index is 0.0951. The second-order valence-corrected chi connectivity index (χ2v) is 5.07. The summed E-state index contributed by atoms with van der Waals surface area (Å²) in [4.78, 5) is 35.5. The van der Waals surface area contributed by atoms with Gasteiger partial charge in [-0.15, -0.1) is 0 Å². The van der Waals surface area contributed by atoms with Crippen molar-refractivity contribution in [2.45, 2.75) is 6.92 Å². The maximum Gasteiger partial charge on any atom is 0.273 e. The molecule has 0 atom stereocenters. The van der Waals surface area contributed by atoms with Crippen LogP contribution in [0.3, 0.4) is 0 Å². The molecule has 1 aliphatic heterocycles. The number of nitrogens with zero attached hydrogens (tertiary/aromatic N) is 4. The lowest BCUT2D eigenvalue weighted by atomic mass is 10.1. The number of rotatable bonds is 2. The lowest BCUT2D eigenvalue weighted by Crippen LogP contribution is -2.48. The largest absolute Gasteiger partial charge is 0.342 e. The molecule has 2 amide bonds. The van der Waals surface area contributed by atoms with E-state index in [0.717, 1.165) is 17.3 Å². The predicted octanol–water partition coefficient (Wildman–Crippen LogP) is 0.852. The molecule has 0 unspecified atom stereocenters. The predicted molar refractivity (Wildman–Crippen MR) is 77.8 cm³/mol. The van der Waals surface area contributed by atoms with Crippen LogP contribution in [0.2, 0.25) is 0 Å². The van der Waals surface area contributed by atoms with Gasteiger partial charge in [-0.2, -0.15) is 0 Å². The third-order valence-electron chi connectivity index (χ3n) is 3.67. The van der Waals surface area contributed by atoms with Crippen LogP contribution in [-0.4, -0.2) is 58.3 Å². The molecule has 0 radical (unpaired) electrons. The molecule has 2 aromatic rings. The van der Waals surface area contributed by atoms with Gasteiger partial charge in [-0.1, -0.05) is 18.2 Å². The number of hydrogen-bond donors (Lipinski definition) is 0. The van der Waals surface area contributed by atoms with Gasteiger partial charge >= 0.3 is 0 Å². The van der Waals surface area contributed by atoms with E-state index in [2.05, 4.69) is 9.97 Å². The normalized spacial score (nSPS) is 15.3. The molecule has 0 bridgehead atoms. The fourth-order valence-electron chi connectivity index (χ4n) is 2.54. The maximum atomic E-state index is 12.7. The van der Waals surface area contributed by atoms with Gasteiger partial charge in [0.15, 0.2) is 0 Å². The summed E-state index contributed by atoms with van der Waals surface area (Å²) in [5, 5.41) is 0.769. The molecule has 21 heavy (non-hydrogen) atoms. The first-order valence-corrected chi connectivity index (χ1v) is 6.91. The van der Waals surface area contributed by atoms with Crippen molar-refractivity contribution in [3.8, 4) is 0 Å². The van der Waals surface area contributed by atoms with Crippen LogP contribution in [-0.2, 0) is 4.79 Å². The Kier molecular flexibility index (Phi) is 3.51. The fraction of sp³-hybridized carbons (Fsp3) is 0.333. The highest BCUT2D eigenvalue weighted by Crippen LogP contribution is 2.17. The summed E-state index contributed by atoms with van der Waals surface area (Å²) < 4.78 is 0. The van der Waals surface area contributed by atoms with Crippen LogP contribution in [0.4, 0.5) is 0 Å². The van der Waals surface area contributed by atoms with Gasteiger partial charge in [0.2, 0.25) is 6.41 Å². The van der Waals surface area contributed by atoms with Crippen LogP contribution in [0.25, 0.3) is 10.9 Å². The van der Waals surface area contributed by atoms with Gasteiger partial charge in [0.1, 0.15) is 11.5 Å². The van der Waals surface area contributed by atoms with Gasteiger partial charge in [0, 0.05) is 31.6 Å². The number of piperazine rings is 1. The van der Waals surface area contributed by atoms with Crippen LogP contribution in [0.5, 0.6) is 0 Å².